The second-order valence-corrected chi connectivity index (χ2v) is 0.846. The first kappa shape index (κ1) is 15.7. The highest BCUT2D eigenvalue weighted by atomic mass is 13.5. The van der Waals surface area contributed by atoms with E-state index in [1.165, 1.54) is 0 Å². The number of hydrogen-bond donors (Lipinski definition) is 0. The van der Waals surface area contributed by atoms with E-state index in [4.69, 9.17) is 6.42 Å². The van der Waals surface area contributed by atoms with Crippen LogP contribution in [0.3, 0.4) is 0 Å². The summed E-state index contributed by atoms with van der Waals surface area (Å²) in [4.78, 5) is 0. The summed E-state index contributed by atoms with van der Waals surface area (Å²) in [7, 11) is 0. The molecule has 0 heterocycles. The Kier molecular flexibility index (Phi) is 104. The highest BCUT2D eigenvalue weighted by Crippen LogP contribution is 1.58. The molecular weight excluding hydrogens is 108 g/mol. The molecule has 0 fully saturated rings. The lowest BCUT2D eigenvalue weighted by Gasteiger charge is -1.52. The fraction of sp³-hybridized carbons (Fsp3) is 0.556. The Morgan fingerprint density at radius 3 is 1.33 bits per heavy atom. The summed E-state index contributed by atoms with van der Waals surface area (Å²) in [5.74, 6) is 4.68. The van der Waals surface area contributed by atoms with Crippen molar-refractivity contribution in [1.82, 2.24) is 0 Å². The molecule has 9 heavy (non-hydrogen) atoms. The van der Waals surface area contributed by atoms with Gasteiger partial charge in [-0.3, -0.25) is 0 Å². The van der Waals surface area contributed by atoms with Crippen LogP contribution in [0.15, 0.2) is 0 Å². The van der Waals surface area contributed by atoms with E-state index in [0.717, 1.165) is 6.42 Å². The fourth-order valence-corrected chi connectivity index (χ4v) is 0. The summed E-state index contributed by atoms with van der Waals surface area (Å²) in [5, 5.41) is 0. The second kappa shape index (κ2) is 59.3. The van der Waals surface area contributed by atoms with Gasteiger partial charge in [0, 0.05) is 6.42 Å². The third kappa shape index (κ3) is 13000. The van der Waals surface area contributed by atoms with E-state index in [1.54, 1.807) is 6.92 Å². The Morgan fingerprint density at radius 1 is 1.22 bits per heavy atom. The molecule has 0 aliphatic carbocycles. The molecule has 0 nitrogen and oxygen atoms in total. The first-order chi connectivity index (χ1) is 4.33. The van der Waals surface area contributed by atoms with Crippen LogP contribution in [0.25, 0.3) is 0 Å². The van der Waals surface area contributed by atoms with Gasteiger partial charge in [0.25, 0.3) is 0 Å². The molecule has 52 valence electrons. The van der Waals surface area contributed by atoms with Gasteiger partial charge in [0.1, 0.15) is 0 Å². The van der Waals surface area contributed by atoms with Crippen LogP contribution < -0.4 is 0 Å². The van der Waals surface area contributed by atoms with Crippen LogP contribution in [-0.2, 0) is 0 Å². The second-order valence-electron chi connectivity index (χ2n) is 0.846. The Labute approximate surface area is 59.7 Å². The van der Waals surface area contributed by atoms with E-state index < -0.39 is 0 Å². The zero-order valence-electron chi connectivity index (χ0n) is 6.86. The molecule has 0 saturated heterocycles. The molecule has 0 amide bonds. The molecule has 0 bridgehead atoms. The minimum Gasteiger partial charge on any atom is -0.120 e. The van der Waals surface area contributed by atoms with Crippen molar-refractivity contribution in [2.75, 3.05) is 0 Å². The molecule has 0 radical (unpaired) electrons. The van der Waals surface area contributed by atoms with E-state index >= 15 is 0 Å². The molecular formula is C9H16. The van der Waals surface area contributed by atoms with Crippen LogP contribution in [0.5, 0.6) is 0 Å². The van der Waals surface area contributed by atoms with Crippen LogP contribution in [0.1, 0.15) is 34.1 Å². The van der Waals surface area contributed by atoms with E-state index in [-0.39, 0.29) is 0 Å². The van der Waals surface area contributed by atoms with Gasteiger partial charge in [-0.25, -0.2) is 0 Å². The van der Waals surface area contributed by atoms with Crippen molar-refractivity contribution in [1.29, 1.82) is 0 Å². The van der Waals surface area contributed by atoms with Crippen LogP contribution in [-0.4, -0.2) is 0 Å². The SMILES string of the molecule is C#CC.C#CCC.CC. The summed E-state index contributed by atoms with van der Waals surface area (Å²) in [6.45, 7) is 7.60. The lowest BCUT2D eigenvalue weighted by Crippen LogP contribution is -1.38. The fourth-order valence-electron chi connectivity index (χ4n) is 0. The van der Waals surface area contributed by atoms with Crippen LogP contribution in [0, 0.1) is 24.7 Å². The summed E-state index contributed by atoms with van der Waals surface area (Å²) in [6, 6.07) is 0. The summed E-state index contributed by atoms with van der Waals surface area (Å²) in [5.41, 5.74) is 0. The lowest BCUT2D eigenvalue weighted by molar-refractivity contribution is 1.28. The van der Waals surface area contributed by atoms with Crippen molar-refractivity contribution < 1.29 is 0 Å². The largest absolute Gasteiger partial charge is 0.120 e. The quantitative estimate of drug-likeness (QED) is 0.435. The van der Waals surface area contributed by atoms with Crippen LogP contribution in [0.2, 0.25) is 0 Å². The maximum absolute atomic E-state index is 4.78. The minimum absolute atomic E-state index is 0.847. The van der Waals surface area contributed by atoms with Gasteiger partial charge in [-0.05, 0) is 6.92 Å². The zero-order chi connectivity index (χ0) is 8.12. The average Bonchev–Trinajstić information content (AvgIpc) is 1.94. The monoisotopic (exact) mass is 124 g/mol. The van der Waals surface area contributed by atoms with Gasteiger partial charge in [0.15, 0.2) is 0 Å². The number of terminal acetylenes is 2. The van der Waals surface area contributed by atoms with Crippen molar-refractivity contribution in [2.45, 2.75) is 34.1 Å². The maximum Gasteiger partial charge on any atom is 0.00576 e. The molecule has 0 atom stereocenters. The first-order valence-electron chi connectivity index (χ1n) is 3.14. The average molecular weight is 124 g/mol. The molecule has 0 aliphatic rings. The molecule has 0 spiro atoms. The van der Waals surface area contributed by atoms with Gasteiger partial charge in [-0.2, -0.15) is 0 Å². The molecule has 0 N–H and O–H groups in total. The van der Waals surface area contributed by atoms with E-state index in [2.05, 4.69) is 18.3 Å². The topological polar surface area (TPSA) is 0 Å². The highest BCUT2D eigenvalue weighted by Gasteiger charge is 1.43. The molecule has 0 unspecified atom stereocenters. The molecule has 0 aromatic rings. The van der Waals surface area contributed by atoms with E-state index in [1.807, 2.05) is 20.8 Å². The van der Waals surface area contributed by atoms with Gasteiger partial charge in [0.05, 0.1) is 0 Å². The molecule has 0 rings (SSSR count). The van der Waals surface area contributed by atoms with E-state index in [9.17, 15) is 0 Å². The summed E-state index contributed by atoms with van der Waals surface area (Å²) >= 11 is 0. The van der Waals surface area contributed by atoms with E-state index in [0.29, 0.717) is 0 Å². The molecule has 0 saturated carbocycles. The predicted octanol–water partition coefficient (Wildman–Crippen LogP) is 2.70. The Morgan fingerprint density at radius 2 is 1.33 bits per heavy atom. The standard InChI is InChI=1S/C4H6.C3H4.C2H6/c1-3-4-2;1-3-2;1-2/h1H,4H2,2H3;1H,2H3;1-2H3. The van der Waals surface area contributed by atoms with Crippen LogP contribution >= 0.6 is 0 Å². The Bertz CT molecular complexity index is 77.2. The first-order valence-corrected chi connectivity index (χ1v) is 3.14. The highest BCUT2D eigenvalue weighted by molar-refractivity contribution is 4.80. The molecule has 0 aliphatic heterocycles. The van der Waals surface area contributed by atoms with Gasteiger partial charge in [0.2, 0.25) is 0 Å². The summed E-state index contributed by atoms with van der Waals surface area (Å²) < 4.78 is 0. The Hall–Kier alpha value is -0.880. The third-order valence-electron chi connectivity index (χ3n) is 0.204. The minimum atomic E-state index is 0.847. The smallest absolute Gasteiger partial charge is 0.00576 e. The van der Waals surface area contributed by atoms with Crippen molar-refractivity contribution >= 4 is 0 Å². The molecule has 0 heteroatoms. The zero-order valence-corrected chi connectivity index (χ0v) is 6.86. The van der Waals surface area contributed by atoms with Crippen molar-refractivity contribution in [3.8, 4) is 24.7 Å². The number of rotatable bonds is 0. The third-order valence-corrected chi connectivity index (χ3v) is 0.204. The van der Waals surface area contributed by atoms with Gasteiger partial charge in [-0.1, -0.05) is 20.8 Å². The van der Waals surface area contributed by atoms with Crippen LogP contribution in [0.4, 0.5) is 0 Å². The normalized spacial score (nSPS) is 3.78. The Balaban J connectivity index is -0.0000000646. The predicted molar refractivity (Wildman–Crippen MR) is 45.0 cm³/mol. The molecule has 0 aromatic carbocycles. The summed E-state index contributed by atoms with van der Waals surface area (Å²) in [6.07, 6.45) is 10.2. The van der Waals surface area contributed by atoms with Gasteiger partial charge >= 0.3 is 0 Å². The lowest BCUT2D eigenvalue weighted by atomic mass is 10.5. The van der Waals surface area contributed by atoms with Crippen molar-refractivity contribution in [2.24, 2.45) is 0 Å². The number of hydrogen-bond acceptors (Lipinski definition) is 0. The van der Waals surface area contributed by atoms with Crippen molar-refractivity contribution in [3.63, 3.8) is 0 Å². The maximum atomic E-state index is 4.78. The molecule has 0 aromatic heterocycles. The van der Waals surface area contributed by atoms with Gasteiger partial charge in [-0.15, -0.1) is 24.7 Å². The van der Waals surface area contributed by atoms with Gasteiger partial charge < -0.3 is 0 Å². The van der Waals surface area contributed by atoms with Crippen molar-refractivity contribution in [3.05, 3.63) is 0 Å².